The summed E-state index contributed by atoms with van der Waals surface area (Å²) >= 11 is 0. The Hall–Kier alpha value is -3.35. The average molecular weight is 412 g/mol. The number of nitrogens with one attached hydrogen (secondary N) is 2. The summed E-state index contributed by atoms with van der Waals surface area (Å²) in [4.78, 5) is 37.5. The van der Waals surface area contributed by atoms with Crippen LogP contribution in [0.5, 0.6) is 5.75 Å². The molecule has 2 aromatic carbocycles. The van der Waals surface area contributed by atoms with Crippen molar-refractivity contribution in [3.8, 4) is 5.75 Å². The lowest BCUT2D eigenvalue weighted by atomic mass is 10.0. The minimum absolute atomic E-state index is 0.230. The summed E-state index contributed by atoms with van der Waals surface area (Å²) in [7, 11) is 0. The van der Waals surface area contributed by atoms with Gasteiger partial charge in [-0.05, 0) is 56.2 Å². The van der Waals surface area contributed by atoms with Crippen molar-refractivity contribution >= 4 is 23.5 Å². The first-order valence-corrected chi connectivity index (χ1v) is 9.92. The van der Waals surface area contributed by atoms with Crippen LogP contribution in [0.15, 0.2) is 54.6 Å². The van der Waals surface area contributed by atoms with Gasteiger partial charge in [0.2, 0.25) is 5.78 Å². The molecule has 0 aliphatic rings. The number of para-hydroxylation sites is 1. The molecule has 7 nitrogen and oxygen atoms in total. The number of hydrogen-bond acceptors (Lipinski definition) is 5. The second-order valence-corrected chi connectivity index (χ2v) is 7.09. The van der Waals surface area contributed by atoms with Crippen LogP contribution < -0.4 is 15.4 Å². The van der Waals surface area contributed by atoms with Gasteiger partial charge in [-0.25, -0.2) is 9.59 Å². The van der Waals surface area contributed by atoms with Gasteiger partial charge in [0.15, 0.2) is 6.10 Å². The van der Waals surface area contributed by atoms with Crippen LogP contribution in [0, 0.1) is 5.92 Å². The van der Waals surface area contributed by atoms with Gasteiger partial charge in [-0.3, -0.25) is 4.79 Å². The van der Waals surface area contributed by atoms with Gasteiger partial charge in [0, 0.05) is 11.3 Å². The number of ketones is 1. The van der Waals surface area contributed by atoms with Gasteiger partial charge >= 0.3 is 12.0 Å². The molecule has 0 bridgehead atoms. The third-order valence-corrected chi connectivity index (χ3v) is 4.35. The van der Waals surface area contributed by atoms with Crippen LogP contribution in [0.4, 0.5) is 10.5 Å². The van der Waals surface area contributed by atoms with Gasteiger partial charge in [0.25, 0.3) is 0 Å². The van der Waals surface area contributed by atoms with Gasteiger partial charge in [0.1, 0.15) is 11.8 Å². The third-order valence-electron chi connectivity index (χ3n) is 4.35. The molecule has 0 aromatic heterocycles. The molecule has 2 amide bonds. The second kappa shape index (κ2) is 11.0. The van der Waals surface area contributed by atoms with E-state index >= 15 is 0 Å². The molecular formula is C23H28N2O5. The van der Waals surface area contributed by atoms with Crippen LogP contribution in [0.3, 0.4) is 0 Å². The molecule has 0 heterocycles. The topological polar surface area (TPSA) is 93.7 Å². The fourth-order valence-electron chi connectivity index (χ4n) is 2.75. The SMILES string of the molecule is CCOc1ccc(C(=O)[C@H](C)OC(=O)[C@H](NC(=O)Nc2ccccc2)C(C)C)cc1. The molecule has 0 saturated carbocycles. The Morgan fingerprint density at radius 2 is 1.57 bits per heavy atom. The van der Waals surface area contributed by atoms with Crippen LogP contribution in [-0.2, 0) is 9.53 Å². The number of anilines is 1. The van der Waals surface area contributed by atoms with Crippen molar-refractivity contribution in [1.82, 2.24) is 5.32 Å². The van der Waals surface area contributed by atoms with E-state index in [-0.39, 0.29) is 11.7 Å². The quantitative estimate of drug-likeness (QED) is 0.479. The fraction of sp³-hybridized carbons (Fsp3) is 0.348. The molecule has 2 N–H and O–H groups in total. The predicted molar refractivity (Wildman–Crippen MR) is 115 cm³/mol. The molecule has 0 fully saturated rings. The minimum Gasteiger partial charge on any atom is -0.494 e. The number of rotatable bonds is 9. The number of Topliss-reactive ketones (excluding diaryl/α,β-unsaturated/α-hetero) is 1. The molecule has 0 aliphatic carbocycles. The third kappa shape index (κ3) is 6.62. The van der Waals surface area contributed by atoms with Crippen molar-refractivity contribution in [3.63, 3.8) is 0 Å². The van der Waals surface area contributed by atoms with E-state index in [0.29, 0.717) is 23.6 Å². The molecule has 2 atom stereocenters. The van der Waals surface area contributed by atoms with E-state index in [4.69, 9.17) is 9.47 Å². The van der Waals surface area contributed by atoms with Gasteiger partial charge in [0.05, 0.1) is 6.61 Å². The molecule has 0 radical (unpaired) electrons. The lowest BCUT2D eigenvalue weighted by molar-refractivity contribution is -0.149. The Morgan fingerprint density at radius 1 is 0.933 bits per heavy atom. The highest BCUT2D eigenvalue weighted by Gasteiger charge is 2.29. The number of carbonyl (C=O) groups excluding carboxylic acids is 3. The van der Waals surface area contributed by atoms with Crippen LogP contribution >= 0.6 is 0 Å². The minimum atomic E-state index is -0.990. The van der Waals surface area contributed by atoms with Crippen molar-refractivity contribution < 1.29 is 23.9 Å². The molecular weight excluding hydrogens is 384 g/mol. The number of benzene rings is 2. The maximum Gasteiger partial charge on any atom is 0.329 e. The average Bonchev–Trinajstić information content (AvgIpc) is 2.72. The Morgan fingerprint density at radius 3 is 2.13 bits per heavy atom. The smallest absolute Gasteiger partial charge is 0.329 e. The normalized spacial score (nSPS) is 12.6. The summed E-state index contributed by atoms with van der Waals surface area (Å²) in [5, 5.41) is 5.28. The van der Waals surface area contributed by atoms with Crippen molar-refractivity contribution in [1.29, 1.82) is 0 Å². The molecule has 0 spiro atoms. The molecule has 2 aromatic rings. The summed E-state index contributed by atoms with van der Waals surface area (Å²) in [5.74, 6) is -0.568. The molecule has 30 heavy (non-hydrogen) atoms. The largest absolute Gasteiger partial charge is 0.494 e. The van der Waals surface area contributed by atoms with E-state index in [1.54, 1.807) is 62.4 Å². The highest BCUT2D eigenvalue weighted by atomic mass is 16.5. The van der Waals surface area contributed by atoms with E-state index in [2.05, 4.69) is 10.6 Å². The zero-order chi connectivity index (χ0) is 22.1. The van der Waals surface area contributed by atoms with E-state index in [9.17, 15) is 14.4 Å². The monoisotopic (exact) mass is 412 g/mol. The van der Waals surface area contributed by atoms with Crippen LogP contribution in [0.25, 0.3) is 0 Å². The highest BCUT2D eigenvalue weighted by molar-refractivity contribution is 6.00. The first kappa shape index (κ1) is 22.9. The summed E-state index contributed by atoms with van der Waals surface area (Å²) in [6.45, 7) is 7.49. The lowest BCUT2D eigenvalue weighted by Gasteiger charge is -2.23. The van der Waals surface area contributed by atoms with Gasteiger partial charge in [-0.15, -0.1) is 0 Å². The summed E-state index contributed by atoms with van der Waals surface area (Å²) in [6, 6.07) is 14.1. The molecule has 0 saturated heterocycles. The van der Waals surface area contributed by atoms with Crippen molar-refractivity contribution in [2.75, 3.05) is 11.9 Å². The van der Waals surface area contributed by atoms with Crippen molar-refractivity contribution in [3.05, 3.63) is 60.2 Å². The van der Waals surface area contributed by atoms with Gasteiger partial charge in [-0.1, -0.05) is 32.0 Å². The number of esters is 1. The molecule has 0 aliphatic heterocycles. The summed E-state index contributed by atoms with van der Waals surface area (Å²) < 4.78 is 10.7. The summed E-state index contributed by atoms with van der Waals surface area (Å²) in [6.07, 6.45) is -0.990. The number of ether oxygens (including phenoxy) is 2. The van der Waals surface area contributed by atoms with Gasteiger partial charge < -0.3 is 20.1 Å². The van der Waals surface area contributed by atoms with E-state index in [0.717, 1.165) is 0 Å². The number of carbonyl (C=O) groups is 3. The lowest BCUT2D eigenvalue weighted by Crippen LogP contribution is -2.48. The van der Waals surface area contributed by atoms with E-state index < -0.39 is 24.1 Å². The van der Waals surface area contributed by atoms with Crippen LogP contribution in [0.2, 0.25) is 0 Å². The Kier molecular flexibility index (Phi) is 8.41. The highest BCUT2D eigenvalue weighted by Crippen LogP contribution is 2.15. The number of amides is 2. The molecule has 2 rings (SSSR count). The molecule has 160 valence electrons. The first-order valence-electron chi connectivity index (χ1n) is 9.92. The standard InChI is InChI=1S/C23H28N2O5/c1-5-29-19-13-11-17(12-14-19)21(26)16(4)30-22(27)20(15(2)3)25-23(28)24-18-9-7-6-8-10-18/h6-16,20H,5H2,1-4H3,(H2,24,25,28)/t16-,20+/m0/s1. The van der Waals surface area contributed by atoms with E-state index in [1.807, 2.05) is 13.0 Å². The number of hydrogen-bond donors (Lipinski definition) is 2. The van der Waals surface area contributed by atoms with E-state index in [1.165, 1.54) is 6.92 Å². The predicted octanol–water partition coefficient (Wildman–Crippen LogP) is 4.05. The fourth-order valence-corrected chi connectivity index (χ4v) is 2.75. The van der Waals surface area contributed by atoms with Crippen molar-refractivity contribution in [2.24, 2.45) is 5.92 Å². The summed E-state index contributed by atoms with van der Waals surface area (Å²) in [5.41, 5.74) is 1.01. The zero-order valence-corrected chi connectivity index (χ0v) is 17.7. The maximum atomic E-state index is 12.6. The Labute approximate surface area is 176 Å². The van der Waals surface area contributed by atoms with Crippen LogP contribution in [-0.4, -0.2) is 36.5 Å². The Balaban J connectivity index is 1.97. The number of urea groups is 1. The first-order chi connectivity index (χ1) is 14.3. The molecule has 0 unspecified atom stereocenters. The van der Waals surface area contributed by atoms with Crippen LogP contribution in [0.1, 0.15) is 38.1 Å². The second-order valence-electron chi connectivity index (χ2n) is 7.09. The van der Waals surface area contributed by atoms with Crippen molar-refractivity contribution in [2.45, 2.75) is 39.8 Å². The Bertz CT molecular complexity index is 850. The maximum absolute atomic E-state index is 12.6. The zero-order valence-electron chi connectivity index (χ0n) is 17.7. The molecule has 7 heteroatoms. The van der Waals surface area contributed by atoms with Gasteiger partial charge in [-0.2, -0.15) is 0 Å².